The van der Waals surface area contributed by atoms with E-state index in [1.54, 1.807) is 6.20 Å². The molecule has 8 rings (SSSR count). The summed E-state index contributed by atoms with van der Waals surface area (Å²) in [5.74, 6) is 8.02. The summed E-state index contributed by atoms with van der Waals surface area (Å²) in [6.07, 6.45) is 3.60. The van der Waals surface area contributed by atoms with Gasteiger partial charge in [0.1, 0.15) is 0 Å². The van der Waals surface area contributed by atoms with Crippen LogP contribution < -0.4 is 4.40 Å². The van der Waals surface area contributed by atoms with Crippen molar-refractivity contribution >= 4 is 50.6 Å². The second-order valence-electron chi connectivity index (χ2n) is 12.0. The molecule has 0 saturated heterocycles. The number of fused-ring (bicyclic) bond motifs is 4. The predicted molar refractivity (Wildman–Crippen MR) is 187 cm³/mol. The summed E-state index contributed by atoms with van der Waals surface area (Å²) in [7, 11) is 0. The number of para-hydroxylation sites is 1. The molecule has 0 aliphatic rings. The number of hydrogen-bond donors (Lipinski definition) is 0. The van der Waals surface area contributed by atoms with Crippen LogP contribution in [-0.4, -0.2) is 32.8 Å². The van der Waals surface area contributed by atoms with Gasteiger partial charge in [-0.2, -0.15) is 0 Å². The number of benzene rings is 4. The van der Waals surface area contributed by atoms with Gasteiger partial charge in [0.25, 0.3) is 0 Å². The smallest absolute Gasteiger partial charge is 0.0160 e. The molecule has 0 saturated carbocycles. The van der Waals surface area contributed by atoms with Gasteiger partial charge in [0, 0.05) is 26.3 Å². The zero-order valence-electron chi connectivity index (χ0n) is 26.1. The standard InChI is InChI=1S/C28H24GeN3O.C11H8N.Ir/c1-18-26-24(15-16-30-18)31-28(32(26)20-9-6-5-7-10-20)23-12-8-11-22-21-14-13-19(29(2,3)4)17-25(21)33-27(22)23;1-2-6-10(7-3-1)11-8-4-5-9-12-11;/h5-11,13-17H,1-4H3;1-6,8-9H;/q2*-1;. The number of rotatable bonds is 4. The molecule has 0 bridgehead atoms. The number of hydrogen-bond acceptors (Lipinski definition) is 4. The maximum Gasteiger partial charge on any atom is 0.0160 e. The molecule has 4 heterocycles. The molecule has 0 N–H and O–H groups in total. The average molecular weight is 838 g/mol. The Kier molecular flexibility index (Phi) is 9.05. The van der Waals surface area contributed by atoms with Gasteiger partial charge in [-0.3, -0.25) is 0 Å². The van der Waals surface area contributed by atoms with Crippen LogP contribution in [0.1, 0.15) is 5.69 Å². The Morgan fingerprint density at radius 1 is 0.739 bits per heavy atom. The van der Waals surface area contributed by atoms with Gasteiger partial charge in [0.05, 0.1) is 0 Å². The third-order valence-corrected chi connectivity index (χ3v) is 12.2. The molecule has 0 unspecified atom stereocenters. The molecule has 8 aromatic rings. The Morgan fingerprint density at radius 3 is 2.28 bits per heavy atom. The zero-order chi connectivity index (χ0) is 31.0. The van der Waals surface area contributed by atoms with Gasteiger partial charge in [0.2, 0.25) is 0 Å². The molecular weight excluding hydrogens is 805 g/mol. The Balaban J connectivity index is 0.000000241. The monoisotopic (exact) mass is 839 g/mol. The fourth-order valence-electron chi connectivity index (χ4n) is 5.63. The van der Waals surface area contributed by atoms with E-state index in [4.69, 9.17) is 9.40 Å². The average Bonchev–Trinajstić information content (AvgIpc) is 3.65. The minimum atomic E-state index is -1.97. The second-order valence-corrected chi connectivity index (χ2v) is 22.7. The number of aryl methyl sites for hydroxylation is 1. The molecule has 5 nitrogen and oxygen atoms in total. The first-order valence-electron chi connectivity index (χ1n) is 15.0. The van der Waals surface area contributed by atoms with Crippen LogP contribution in [0.3, 0.4) is 0 Å². The first-order chi connectivity index (χ1) is 21.9. The molecule has 1 radical (unpaired) electrons. The Hall–Kier alpha value is -4.36. The van der Waals surface area contributed by atoms with Crippen molar-refractivity contribution in [3.8, 4) is 28.3 Å². The van der Waals surface area contributed by atoms with Crippen LogP contribution in [0.15, 0.2) is 126 Å². The van der Waals surface area contributed by atoms with Crippen LogP contribution in [0.2, 0.25) is 17.3 Å². The molecule has 0 aliphatic heterocycles. The number of imidazole rings is 1. The molecule has 4 aromatic carbocycles. The minimum absolute atomic E-state index is 0. The maximum atomic E-state index is 6.52. The maximum absolute atomic E-state index is 6.52. The number of pyridine rings is 2. The van der Waals surface area contributed by atoms with Crippen molar-refractivity contribution in [1.29, 1.82) is 0 Å². The number of furan rings is 1. The third kappa shape index (κ3) is 6.08. The number of nitrogens with zero attached hydrogens (tertiary/aromatic N) is 4. The van der Waals surface area contributed by atoms with Gasteiger partial charge in [-0.1, -0.05) is 12.1 Å². The van der Waals surface area contributed by atoms with Crippen LogP contribution in [0, 0.1) is 19.1 Å². The van der Waals surface area contributed by atoms with Crippen molar-refractivity contribution < 1.29 is 24.5 Å². The van der Waals surface area contributed by atoms with E-state index in [1.165, 1.54) is 4.40 Å². The molecule has 229 valence electrons. The predicted octanol–water partition coefficient (Wildman–Crippen LogP) is 9.19. The normalized spacial score (nSPS) is 11.3. The van der Waals surface area contributed by atoms with E-state index in [9.17, 15) is 0 Å². The fraction of sp³-hybridized carbons (Fsp3) is 0.103. The molecule has 0 amide bonds. The summed E-state index contributed by atoms with van der Waals surface area (Å²) in [6.45, 7) is 2.03. The minimum Gasteiger partial charge on any atom is -0.305 e. The largest absolute Gasteiger partial charge is 0.305 e. The van der Waals surface area contributed by atoms with E-state index in [-0.39, 0.29) is 20.1 Å². The van der Waals surface area contributed by atoms with E-state index < -0.39 is 13.3 Å². The molecular formula is C39H32GeIrN4O-2. The molecule has 0 aliphatic carbocycles. The summed E-state index contributed by atoms with van der Waals surface area (Å²) in [4.78, 5) is 13.8. The van der Waals surface area contributed by atoms with Gasteiger partial charge in [0.15, 0.2) is 0 Å². The van der Waals surface area contributed by atoms with Crippen molar-refractivity contribution in [2.45, 2.75) is 24.2 Å². The van der Waals surface area contributed by atoms with Gasteiger partial charge in [-0.05, 0) is 11.8 Å². The summed E-state index contributed by atoms with van der Waals surface area (Å²) < 4.78 is 10.1. The molecule has 7 heteroatoms. The molecule has 4 aromatic heterocycles. The van der Waals surface area contributed by atoms with E-state index in [0.29, 0.717) is 0 Å². The van der Waals surface area contributed by atoms with E-state index in [0.717, 1.165) is 67.0 Å². The van der Waals surface area contributed by atoms with Crippen LogP contribution in [0.25, 0.3) is 61.3 Å². The fourth-order valence-corrected chi connectivity index (χ4v) is 8.03. The Morgan fingerprint density at radius 2 is 1.54 bits per heavy atom. The van der Waals surface area contributed by atoms with Gasteiger partial charge in [-0.25, -0.2) is 0 Å². The Labute approximate surface area is 285 Å². The summed E-state index contributed by atoms with van der Waals surface area (Å²) in [6, 6.07) is 43.3. The van der Waals surface area contributed by atoms with E-state index in [2.05, 4.69) is 80.3 Å². The van der Waals surface area contributed by atoms with Crippen LogP contribution in [-0.2, 0) is 20.1 Å². The number of aromatic nitrogens is 4. The van der Waals surface area contributed by atoms with Crippen molar-refractivity contribution in [1.82, 2.24) is 19.5 Å². The van der Waals surface area contributed by atoms with Crippen molar-refractivity contribution in [2.75, 3.05) is 0 Å². The van der Waals surface area contributed by atoms with Crippen LogP contribution in [0.4, 0.5) is 0 Å². The van der Waals surface area contributed by atoms with Crippen molar-refractivity contribution in [2.24, 2.45) is 0 Å². The molecule has 0 fully saturated rings. The zero-order valence-corrected chi connectivity index (χ0v) is 30.6. The molecule has 0 atom stereocenters. The summed E-state index contributed by atoms with van der Waals surface area (Å²) >= 11 is -1.97. The summed E-state index contributed by atoms with van der Waals surface area (Å²) in [5, 5.41) is 2.23. The van der Waals surface area contributed by atoms with Gasteiger partial charge < -0.3 is 4.98 Å². The Bertz CT molecular complexity index is 2220. The molecule has 0 spiro atoms. The first kappa shape index (κ1) is 31.6. The van der Waals surface area contributed by atoms with Gasteiger partial charge in [-0.15, -0.1) is 35.9 Å². The van der Waals surface area contributed by atoms with Crippen LogP contribution >= 0.6 is 0 Å². The SMILES string of the molecule is Cc1nccc2nc(-c3[c-]ccc4c3oc3c[c]([Ge]([CH3])([CH3])[CH3])ccc34)n(-c3ccccc3)c12.[Ir].[c-]1ccccc1-c1ccccn1. The second kappa shape index (κ2) is 13.2. The van der Waals surface area contributed by atoms with Gasteiger partial charge >= 0.3 is 196 Å². The quantitative estimate of drug-likeness (QED) is 0.131. The first-order valence-corrected chi connectivity index (χ1v) is 22.4. The topological polar surface area (TPSA) is 56.7 Å². The molecule has 46 heavy (non-hydrogen) atoms. The summed E-state index contributed by atoms with van der Waals surface area (Å²) in [5.41, 5.74) is 8.52. The van der Waals surface area contributed by atoms with Crippen molar-refractivity contribution in [3.63, 3.8) is 0 Å². The van der Waals surface area contributed by atoms with E-state index >= 15 is 0 Å². The van der Waals surface area contributed by atoms with Crippen LogP contribution in [0.5, 0.6) is 0 Å². The third-order valence-electron chi connectivity index (χ3n) is 7.93. The van der Waals surface area contributed by atoms with Crippen molar-refractivity contribution in [3.05, 3.63) is 139 Å². The van der Waals surface area contributed by atoms with E-state index in [1.807, 2.05) is 85.9 Å².